The summed E-state index contributed by atoms with van der Waals surface area (Å²) in [5.41, 5.74) is -0.733. The Morgan fingerprint density at radius 2 is 2.10 bits per heavy atom. The smallest absolute Gasteiger partial charge is 0.340 e. The van der Waals surface area contributed by atoms with Gasteiger partial charge in [0.2, 0.25) is 0 Å². The van der Waals surface area contributed by atoms with Gasteiger partial charge >= 0.3 is 5.97 Å². The summed E-state index contributed by atoms with van der Waals surface area (Å²) in [5.74, 6) is -3.50. The van der Waals surface area contributed by atoms with Gasteiger partial charge in [0.1, 0.15) is 17.7 Å². The number of anilines is 1. The molecule has 1 aliphatic heterocycles. The summed E-state index contributed by atoms with van der Waals surface area (Å²) in [6.45, 7) is 0.470. The third kappa shape index (κ3) is 2.93. The summed E-state index contributed by atoms with van der Waals surface area (Å²) >= 11 is 0. The Kier molecular flexibility index (Phi) is 4.29. The zero-order valence-corrected chi connectivity index (χ0v) is 10.7. The summed E-state index contributed by atoms with van der Waals surface area (Å²) in [6.07, 6.45) is 0.636. The summed E-state index contributed by atoms with van der Waals surface area (Å²) in [7, 11) is 1.08. The minimum Gasteiger partial charge on any atom is -0.465 e. The van der Waals surface area contributed by atoms with Crippen molar-refractivity contribution in [2.24, 2.45) is 0 Å². The first-order valence-electron chi connectivity index (χ1n) is 6.02. The van der Waals surface area contributed by atoms with Gasteiger partial charge in [-0.1, -0.05) is 0 Å². The second-order valence-corrected chi connectivity index (χ2v) is 4.29. The fourth-order valence-electron chi connectivity index (χ4n) is 1.91. The average Bonchev–Trinajstić information content (AvgIpc) is 2.95. The number of ether oxygens (including phenoxy) is 2. The third-order valence-electron chi connectivity index (χ3n) is 2.94. The Morgan fingerprint density at radius 3 is 2.70 bits per heavy atom. The molecule has 1 aliphatic rings. The van der Waals surface area contributed by atoms with Crippen molar-refractivity contribution in [2.75, 3.05) is 19.0 Å². The predicted molar refractivity (Wildman–Crippen MR) is 65.3 cm³/mol. The van der Waals surface area contributed by atoms with Crippen LogP contribution < -0.4 is 5.32 Å². The van der Waals surface area contributed by atoms with Crippen molar-refractivity contribution in [3.05, 3.63) is 29.3 Å². The van der Waals surface area contributed by atoms with E-state index in [1.165, 1.54) is 0 Å². The van der Waals surface area contributed by atoms with E-state index in [0.29, 0.717) is 19.1 Å². The lowest BCUT2D eigenvalue weighted by molar-refractivity contribution is -0.124. The number of hydrogen-bond acceptors (Lipinski definition) is 4. The van der Waals surface area contributed by atoms with Gasteiger partial charge < -0.3 is 14.8 Å². The largest absolute Gasteiger partial charge is 0.465 e. The number of halogens is 2. The standard InChI is InChI=1S/C13H13F2NO4/c1-19-13(18)7-5-10(9(15)6-8(7)14)16-12(17)11-3-2-4-20-11/h5-6,11H,2-4H2,1H3,(H,16,17). The Labute approximate surface area is 113 Å². The van der Waals surface area contributed by atoms with Crippen LogP contribution in [0.25, 0.3) is 0 Å². The molecule has 1 saturated heterocycles. The topological polar surface area (TPSA) is 64.6 Å². The van der Waals surface area contributed by atoms with Gasteiger partial charge in [0, 0.05) is 12.7 Å². The van der Waals surface area contributed by atoms with Gasteiger partial charge in [0.05, 0.1) is 18.4 Å². The molecule has 0 spiro atoms. The molecule has 1 aromatic carbocycles. The minimum atomic E-state index is -1.05. The molecule has 1 amide bonds. The number of carbonyl (C=O) groups is 2. The molecule has 0 saturated carbocycles. The number of rotatable bonds is 3. The first-order valence-corrected chi connectivity index (χ1v) is 6.02. The molecule has 20 heavy (non-hydrogen) atoms. The maximum Gasteiger partial charge on any atom is 0.340 e. The third-order valence-corrected chi connectivity index (χ3v) is 2.94. The lowest BCUT2D eigenvalue weighted by Gasteiger charge is -2.12. The molecule has 1 N–H and O–H groups in total. The van der Waals surface area contributed by atoms with Crippen molar-refractivity contribution in [1.82, 2.24) is 0 Å². The highest BCUT2D eigenvalue weighted by Gasteiger charge is 2.25. The van der Waals surface area contributed by atoms with Gasteiger partial charge in [0.15, 0.2) is 0 Å². The first-order chi connectivity index (χ1) is 9.52. The molecule has 5 nitrogen and oxygen atoms in total. The maximum atomic E-state index is 13.6. The van der Waals surface area contributed by atoms with Crippen LogP contribution in [-0.4, -0.2) is 31.7 Å². The van der Waals surface area contributed by atoms with Crippen molar-refractivity contribution in [2.45, 2.75) is 18.9 Å². The van der Waals surface area contributed by atoms with Crippen LogP contribution in [-0.2, 0) is 14.3 Å². The van der Waals surface area contributed by atoms with Crippen LogP contribution in [0.1, 0.15) is 23.2 Å². The summed E-state index contributed by atoms with van der Waals surface area (Å²) in [5, 5.41) is 2.29. The van der Waals surface area contributed by atoms with Crippen molar-refractivity contribution >= 4 is 17.6 Å². The van der Waals surface area contributed by atoms with E-state index in [4.69, 9.17) is 4.74 Å². The molecule has 1 fully saturated rings. The number of nitrogens with one attached hydrogen (secondary N) is 1. The molecular weight excluding hydrogens is 272 g/mol. The number of hydrogen-bond donors (Lipinski definition) is 1. The second kappa shape index (κ2) is 5.96. The van der Waals surface area contributed by atoms with Crippen molar-refractivity contribution in [1.29, 1.82) is 0 Å². The van der Waals surface area contributed by atoms with Crippen LogP contribution in [0, 0.1) is 11.6 Å². The van der Waals surface area contributed by atoms with E-state index in [0.717, 1.165) is 19.6 Å². The molecule has 0 aromatic heterocycles. The number of carbonyl (C=O) groups excluding carboxylic acids is 2. The molecule has 0 bridgehead atoms. The van der Waals surface area contributed by atoms with Gasteiger partial charge in [-0.3, -0.25) is 4.79 Å². The fourth-order valence-corrected chi connectivity index (χ4v) is 1.91. The van der Waals surface area contributed by atoms with E-state index in [1.54, 1.807) is 0 Å². The maximum absolute atomic E-state index is 13.6. The van der Waals surface area contributed by atoms with Gasteiger partial charge in [0.25, 0.3) is 5.91 Å². The molecule has 0 aliphatic carbocycles. The fraction of sp³-hybridized carbons (Fsp3) is 0.385. The van der Waals surface area contributed by atoms with E-state index in [1.807, 2.05) is 0 Å². The molecular formula is C13H13F2NO4. The zero-order chi connectivity index (χ0) is 14.7. The number of methoxy groups -OCH3 is 1. The van der Waals surface area contributed by atoms with Crippen LogP contribution in [0.2, 0.25) is 0 Å². The van der Waals surface area contributed by atoms with Crippen molar-refractivity contribution in [3.8, 4) is 0 Å². The van der Waals surface area contributed by atoms with Crippen LogP contribution in [0.15, 0.2) is 12.1 Å². The highest BCUT2D eigenvalue weighted by Crippen LogP contribution is 2.22. The summed E-state index contributed by atoms with van der Waals surface area (Å²) < 4.78 is 36.6. The van der Waals surface area contributed by atoms with Crippen LogP contribution >= 0.6 is 0 Å². The number of benzene rings is 1. The van der Waals surface area contributed by atoms with Crippen molar-refractivity contribution in [3.63, 3.8) is 0 Å². The molecule has 1 aromatic rings. The zero-order valence-electron chi connectivity index (χ0n) is 10.7. The molecule has 0 radical (unpaired) electrons. The minimum absolute atomic E-state index is 0.285. The molecule has 7 heteroatoms. The Balaban J connectivity index is 2.22. The normalized spacial score (nSPS) is 17.9. The van der Waals surface area contributed by atoms with Gasteiger partial charge in [-0.05, 0) is 18.9 Å². The number of amides is 1. The van der Waals surface area contributed by atoms with Crippen LogP contribution in [0.4, 0.5) is 14.5 Å². The van der Waals surface area contributed by atoms with E-state index in [9.17, 15) is 18.4 Å². The Bertz CT molecular complexity index is 541. The lowest BCUT2D eigenvalue weighted by Crippen LogP contribution is -2.27. The molecule has 1 atom stereocenters. The first kappa shape index (κ1) is 14.4. The lowest BCUT2D eigenvalue weighted by atomic mass is 10.1. The van der Waals surface area contributed by atoms with Crippen LogP contribution in [0.3, 0.4) is 0 Å². The van der Waals surface area contributed by atoms with Gasteiger partial charge in [-0.25, -0.2) is 13.6 Å². The summed E-state index contributed by atoms with van der Waals surface area (Å²) in [4.78, 5) is 23.1. The Hall–Kier alpha value is -2.02. The average molecular weight is 285 g/mol. The summed E-state index contributed by atoms with van der Waals surface area (Å²) in [6, 6.07) is 1.43. The van der Waals surface area contributed by atoms with Crippen LogP contribution in [0.5, 0.6) is 0 Å². The van der Waals surface area contributed by atoms with E-state index >= 15 is 0 Å². The monoisotopic (exact) mass is 285 g/mol. The SMILES string of the molecule is COC(=O)c1cc(NC(=O)C2CCCO2)c(F)cc1F. The van der Waals surface area contributed by atoms with E-state index in [-0.39, 0.29) is 5.69 Å². The number of esters is 1. The predicted octanol–water partition coefficient (Wildman–Crippen LogP) is 1.87. The van der Waals surface area contributed by atoms with Gasteiger partial charge in [-0.2, -0.15) is 0 Å². The van der Waals surface area contributed by atoms with E-state index < -0.39 is 35.2 Å². The quantitative estimate of drug-likeness (QED) is 0.861. The molecule has 1 unspecified atom stereocenters. The highest BCUT2D eigenvalue weighted by atomic mass is 19.1. The molecule has 1 heterocycles. The van der Waals surface area contributed by atoms with Gasteiger partial charge in [-0.15, -0.1) is 0 Å². The second-order valence-electron chi connectivity index (χ2n) is 4.29. The highest BCUT2D eigenvalue weighted by molar-refractivity contribution is 5.96. The Morgan fingerprint density at radius 1 is 1.35 bits per heavy atom. The van der Waals surface area contributed by atoms with E-state index in [2.05, 4.69) is 10.1 Å². The molecule has 2 rings (SSSR count). The molecule has 108 valence electrons. The van der Waals surface area contributed by atoms with Crippen molar-refractivity contribution < 1.29 is 27.8 Å².